The van der Waals surface area contributed by atoms with Crippen LogP contribution >= 0.6 is 0 Å². The maximum absolute atomic E-state index is 12.4. The molecule has 0 radical (unpaired) electrons. The van der Waals surface area contributed by atoms with Crippen molar-refractivity contribution in [3.63, 3.8) is 0 Å². The van der Waals surface area contributed by atoms with E-state index in [1.807, 2.05) is 37.4 Å². The zero-order valence-corrected chi connectivity index (χ0v) is 15.4. The first-order valence-corrected chi connectivity index (χ1v) is 9.07. The van der Waals surface area contributed by atoms with Gasteiger partial charge in [-0.25, -0.2) is 0 Å². The third-order valence-electron chi connectivity index (χ3n) is 4.58. The summed E-state index contributed by atoms with van der Waals surface area (Å²) in [6.07, 6.45) is 4.90. The molecule has 1 atom stereocenters. The molecule has 1 amide bonds. The van der Waals surface area contributed by atoms with Crippen molar-refractivity contribution < 1.29 is 13.9 Å². The van der Waals surface area contributed by atoms with Crippen LogP contribution in [0.25, 0.3) is 10.9 Å². The molecule has 5 nitrogen and oxygen atoms in total. The van der Waals surface area contributed by atoms with Crippen LogP contribution in [-0.2, 0) is 16.0 Å². The molecule has 0 fully saturated rings. The Hall–Kier alpha value is -2.53. The lowest BCUT2D eigenvalue weighted by Gasteiger charge is -2.16. The molecule has 0 saturated carbocycles. The number of rotatable bonds is 9. The fourth-order valence-corrected chi connectivity index (χ4v) is 3.21. The summed E-state index contributed by atoms with van der Waals surface area (Å²) in [6, 6.07) is 11.9. The lowest BCUT2D eigenvalue weighted by molar-refractivity contribution is -0.122. The highest BCUT2D eigenvalue weighted by atomic mass is 16.5. The maximum atomic E-state index is 12.4. The van der Waals surface area contributed by atoms with Gasteiger partial charge in [0, 0.05) is 37.2 Å². The van der Waals surface area contributed by atoms with Crippen molar-refractivity contribution in [2.45, 2.75) is 38.6 Å². The van der Waals surface area contributed by atoms with Gasteiger partial charge in [0.1, 0.15) is 11.5 Å². The van der Waals surface area contributed by atoms with Crippen LogP contribution in [0.15, 0.2) is 47.0 Å². The normalized spacial score (nSPS) is 12.4. The van der Waals surface area contributed by atoms with Gasteiger partial charge in [0.05, 0.1) is 6.04 Å². The molecule has 138 valence electrons. The summed E-state index contributed by atoms with van der Waals surface area (Å²) in [7, 11) is 1.66. The molecular weight excluding hydrogens is 328 g/mol. The minimum atomic E-state index is -0.149. The largest absolute Gasteiger partial charge is 0.464 e. The van der Waals surface area contributed by atoms with Crippen molar-refractivity contribution in [3.05, 3.63) is 59.7 Å². The number of ether oxygens (including phenoxy) is 1. The molecular formula is C21H26N2O3. The Kier molecular flexibility index (Phi) is 6.12. The number of para-hydroxylation sites is 1. The monoisotopic (exact) mass is 354 g/mol. The summed E-state index contributed by atoms with van der Waals surface area (Å²) in [6.45, 7) is 2.47. The van der Waals surface area contributed by atoms with E-state index in [0.717, 1.165) is 29.9 Å². The molecule has 0 bridgehead atoms. The average Bonchev–Trinajstić information content (AvgIpc) is 3.25. The molecule has 0 unspecified atom stereocenters. The standard InChI is InChI=1S/C21H26N2O3/c1-15-10-11-20(26-15)19(12-13-25-2)23-21(24)9-5-6-16-14-22-18-8-4-3-7-17(16)18/h3-4,7-8,10-11,14,19,22H,5-6,9,12-13H2,1-2H3,(H,23,24)/t19-/m0/s1. The molecule has 3 rings (SSSR count). The van der Waals surface area contributed by atoms with Crippen molar-refractivity contribution in [2.24, 2.45) is 0 Å². The molecule has 0 aliphatic carbocycles. The van der Waals surface area contributed by atoms with Crippen LogP contribution in [0.2, 0.25) is 0 Å². The molecule has 2 heterocycles. The molecule has 0 saturated heterocycles. The molecule has 5 heteroatoms. The van der Waals surface area contributed by atoms with Crippen LogP contribution in [0.4, 0.5) is 0 Å². The predicted molar refractivity (Wildman–Crippen MR) is 102 cm³/mol. The van der Waals surface area contributed by atoms with E-state index < -0.39 is 0 Å². The fourth-order valence-electron chi connectivity index (χ4n) is 3.21. The second-order valence-electron chi connectivity index (χ2n) is 6.56. The number of fused-ring (bicyclic) bond motifs is 1. The first-order valence-electron chi connectivity index (χ1n) is 9.07. The topological polar surface area (TPSA) is 67.3 Å². The van der Waals surface area contributed by atoms with E-state index in [-0.39, 0.29) is 11.9 Å². The predicted octanol–water partition coefficient (Wildman–Crippen LogP) is 4.29. The van der Waals surface area contributed by atoms with Gasteiger partial charge in [-0.05, 0) is 49.9 Å². The molecule has 26 heavy (non-hydrogen) atoms. The van der Waals surface area contributed by atoms with Crippen LogP contribution in [0, 0.1) is 6.92 Å². The van der Waals surface area contributed by atoms with E-state index in [1.165, 1.54) is 10.9 Å². The average molecular weight is 354 g/mol. The molecule has 0 aliphatic rings. The highest BCUT2D eigenvalue weighted by Crippen LogP contribution is 2.21. The quantitative estimate of drug-likeness (QED) is 0.602. The van der Waals surface area contributed by atoms with E-state index in [4.69, 9.17) is 9.15 Å². The Labute approximate surface area is 153 Å². The summed E-state index contributed by atoms with van der Waals surface area (Å²) in [4.78, 5) is 15.7. The van der Waals surface area contributed by atoms with Gasteiger partial charge in [0.2, 0.25) is 5.91 Å². The number of furan rings is 1. The first-order chi connectivity index (χ1) is 12.7. The molecule has 2 aromatic heterocycles. The van der Waals surface area contributed by atoms with Crippen LogP contribution in [0.3, 0.4) is 0 Å². The minimum absolute atomic E-state index is 0.0417. The molecule has 0 spiro atoms. The van der Waals surface area contributed by atoms with Gasteiger partial charge in [0.15, 0.2) is 0 Å². The summed E-state index contributed by atoms with van der Waals surface area (Å²) >= 11 is 0. The van der Waals surface area contributed by atoms with E-state index in [0.29, 0.717) is 19.4 Å². The number of aromatic nitrogens is 1. The van der Waals surface area contributed by atoms with Crippen LogP contribution in [0.1, 0.15) is 42.4 Å². The molecule has 1 aromatic carbocycles. The Morgan fingerprint density at radius 3 is 2.88 bits per heavy atom. The highest BCUT2D eigenvalue weighted by Gasteiger charge is 2.17. The molecule has 0 aliphatic heterocycles. The SMILES string of the molecule is COCC[C@H](NC(=O)CCCc1c[nH]c2ccccc12)c1ccc(C)o1. The third kappa shape index (κ3) is 4.55. The second kappa shape index (κ2) is 8.72. The van der Waals surface area contributed by atoms with Crippen molar-refractivity contribution in [1.29, 1.82) is 0 Å². The Balaban J connectivity index is 1.53. The number of carbonyl (C=O) groups is 1. The number of aryl methyl sites for hydroxylation is 2. The third-order valence-corrected chi connectivity index (χ3v) is 4.58. The fraction of sp³-hybridized carbons (Fsp3) is 0.381. The Bertz CT molecular complexity index is 850. The van der Waals surface area contributed by atoms with Crippen molar-refractivity contribution in [2.75, 3.05) is 13.7 Å². The van der Waals surface area contributed by atoms with Gasteiger partial charge in [-0.15, -0.1) is 0 Å². The number of methoxy groups -OCH3 is 1. The van der Waals surface area contributed by atoms with Gasteiger partial charge >= 0.3 is 0 Å². The van der Waals surface area contributed by atoms with Gasteiger partial charge in [-0.1, -0.05) is 18.2 Å². The number of H-pyrrole nitrogens is 1. The van der Waals surface area contributed by atoms with Crippen molar-refractivity contribution >= 4 is 16.8 Å². The zero-order chi connectivity index (χ0) is 18.4. The number of hydrogen-bond acceptors (Lipinski definition) is 3. The highest BCUT2D eigenvalue weighted by molar-refractivity contribution is 5.83. The van der Waals surface area contributed by atoms with Crippen LogP contribution < -0.4 is 5.32 Å². The summed E-state index contributed by atoms with van der Waals surface area (Å²) in [5, 5.41) is 4.31. The van der Waals surface area contributed by atoms with Gasteiger partial charge in [-0.3, -0.25) is 4.79 Å². The van der Waals surface area contributed by atoms with E-state index in [1.54, 1.807) is 7.11 Å². The number of amides is 1. The molecule has 2 N–H and O–H groups in total. The number of nitrogens with one attached hydrogen (secondary N) is 2. The van der Waals surface area contributed by atoms with Crippen LogP contribution in [0.5, 0.6) is 0 Å². The lowest BCUT2D eigenvalue weighted by atomic mass is 10.1. The number of benzene rings is 1. The van der Waals surface area contributed by atoms with Crippen molar-refractivity contribution in [3.8, 4) is 0 Å². The van der Waals surface area contributed by atoms with Crippen molar-refractivity contribution in [1.82, 2.24) is 10.3 Å². The smallest absolute Gasteiger partial charge is 0.220 e. The van der Waals surface area contributed by atoms with Gasteiger partial charge < -0.3 is 19.5 Å². The van der Waals surface area contributed by atoms with Gasteiger partial charge in [-0.2, -0.15) is 0 Å². The number of aromatic amines is 1. The van der Waals surface area contributed by atoms with E-state index in [9.17, 15) is 4.79 Å². The zero-order valence-electron chi connectivity index (χ0n) is 15.4. The van der Waals surface area contributed by atoms with Gasteiger partial charge in [0.25, 0.3) is 0 Å². The Morgan fingerprint density at radius 1 is 1.27 bits per heavy atom. The maximum Gasteiger partial charge on any atom is 0.220 e. The summed E-state index contributed by atoms with van der Waals surface area (Å²) in [5.41, 5.74) is 2.39. The van der Waals surface area contributed by atoms with E-state index >= 15 is 0 Å². The first kappa shape index (κ1) is 18.3. The number of hydrogen-bond donors (Lipinski definition) is 2. The molecule has 3 aromatic rings. The van der Waals surface area contributed by atoms with E-state index in [2.05, 4.69) is 22.4 Å². The number of carbonyl (C=O) groups excluding carboxylic acids is 1. The Morgan fingerprint density at radius 2 is 2.12 bits per heavy atom. The second-order valence-corrected chi connectivity index (χ2v) is 6.56. The summed E-state index contributed by atoms with van der Waals surface area (Å²) < 4.78 is 10.8. The minimum Gasteiger partial charge on any atom is -0.464 e. The van der Waals surface area contributed by atoms with Crippen LogP contribution in [-0.4, -0.2) is 24.6 Å². The lowest BCUT2D eigenvalue weighted by Crippen LogP contribution is -2.29. The summed E-state index contributed by atoms with van der Waals surface area (Å²) in [5.74, 6) is 1.67.